The Morgan fingerprint density at radius 3 is 2.66 bits per heavy atom. The molecule has 3 heterocycles. The van der Waals surface area contributed by atoms with Crippen LogP contribution in [0.5, 0.6) is 5.88 Å². The maximum Gasteiger partial charge on any atom is 0.248 e. The number of ether oxygens (including phenoxy) is 1. The fourth-order valence-corrected chi connectivity index (χ4v) is 4.00. The number of anilines is 1. The third-order valence-corrected chi connectivity index (χ3v) is 5.89. The predicted octanol–water partition coefficient (Wildman–Crippen LogP) is 3.57. The third-order valence-electron chi connectivity index (χ3n) is 5.36. The molecule has 0 unspecified atom stereocenters. The number of rotatable bonds is 7. The van der Waals surface area contributed by atoms with Gasteiger partial charge in [-0.2, -0.15) is 0 Å². The summed E-state index contributed by atoms with van der Waals surface area (Å²) in [5.74, 6) is 0.685. The smallest absolute Gasteiger partial charge is 0.248 e. The lowest BCUT2D eigenvalue weighted by Gasteiger charge is -2.11. The molecule has 0 fully saturated rings. The van der Waals surface area contributed by atoms with Crippen LogP contribution < -0.4 is 10.1 Å². The van der Waals surface area contributed by atoms with Crippen LogP contribution in [0.15, 0.2) is 35.1 Å². The van der Waals surface area contributed by atoms with Crippen LogP contribution >= 0.6 is 15.9 Å². The lowest BCUT2D eigenvalue weighted by Crippen LogP contribution is -2.15. The van der Waals surface area contributed by atoms with E-state index in [9.17, 15) is 4.79 Å². The van der Waals surface area contributed by atoms with E-state index in [1.165, 1.54) is 0 Å². The SMILES string of the molecule is COc1nn(C)c2nc(C)c(CCC(=O)Nc3ncn(Cc4ccc(Br)cc4)n3)c(C)c12. The molecule has 0 saturated carbocycles. The molecule has 1 aromatic carbocycles. The molecule has 0 spiro atoms. The van der Waals surface area contributed by atoms with Crippen LogP contribution in [0.4, 0.5) is 5.95 Å². The number of carbonyl (C=O) groups is 1. The van der Waals surface area contributed by atoms with E-state index >= 15 is 0 Å². The van der Waals surface area contributed by atoms with Crippen LogP contribution in [0.25, 0.3) is 11.0 Å². The van der Waals surface area contributed by atoms with Crippen molar-refractivity contribution in [1.82, 2.24) is 29.5 Å². The average molecular weight is 498 g/mol. The second kappa shape index (κ2) is 9.07. The quantitative estimate of drug-likeness (QED) is 0.418. The number of aromatic nitrogens is 6. The Morgan fingerprint density at radius 1 is 1.19 bits per heavy atom. The highest BCUT2D eigenvalue weighted by molar-refractivity contribution is 9.10. The Balaban J connectivity index is 1.42. The molecule has 0 radical (unpaired) electrons. The minimum atomic E-state index is -0.150. The second-order valence-electron chi connectivity index (χ2n) is 7.57. The van der Waals surface area contributed by atoms with Gasteiger partial charge in [-0.25, -0.2) is 19.3 Å². The van der Waals surface area contributed by atoms with Crippen molar-refractivity contribution in [3.8, 4) is 5.88 Å². The summed E-state index contributed by atoms with van der Waals surface area (Å²) in [6, 6.07) is 7.98. The van der Waals surface area contributed by atoms with Gasteiger partial charge >= 0.3 is 0 Å². The largest absolute Gasteiger partial charge is 0.479 e. The Hall–Kier alpha value is -3.27. The Kier molecular flexibility index (Phi) is 6.22. The average Bonchev–Trinajstić information content (AvgIpc) is 3.33. The fraction of sp³-hybridized carbons (Fsp3) is 0.318. The molecule has 0 saturated heterocycles. The van der Waals surface area contributed by atoms with E-state index in [2.05, 4.69) is 41.4 Å². The number of methoxy groups -OCH3 is 1. The van der Waals surface area contributed by atoms with Gasteiger partial charge in [0.15, 0.2) is 5.65 Å². The van der Waals surface area contributed by atoms with E-state index in [4.69, 9.17) is 4.74 Å². The first kappa shape index (κ1) is 21.9. The third kappa shape index (κ3) is 4.50. The zero-order chi connectivity index (χ0) is 22.8. The molecule has 0 aliphatic carbocycles. The normalized spacial score (nSPS) is 11.2. The van der Waals surface area contributed by atoms with Crippen molar-refractivity contribution < 1.29 is 9.53 Å². The summed E-state index contributed by atoms with van der Waals surface area (Å²) < 4.78 is 9.83. The Morgan fingerprint density at radius 2 is 1.94 bits per heavy atom. The van der Waals surface area contributed by atoms with Crippen LogP contribution in [0.2, 0.25) is 0 Å². The molecular formula is C22H24BrN7O2. The summed E-state index contributed by atoms with van der Waals surface area (Å²) >= 11 is 3.43. The van der Waals surface area contributed by atoms with Gasteiger partial charge in [0, 0.05) is 23.6 Å². The van der Waals surface area contributed by atoms with Crippen molar-refractivity contribution in [2.75, 3.05) is 12.4 Å². The lowest BCUT2D eigenvalue weighted by molar-refractivity contribution is -0.116. The number of hydrogen-bond donors (Lipinski definition) is 1. The van der Waals surface area contributed by atoms with Crippen LogP contribution in [-0.2, 0) is 24.8 Å². The number of pyridine rings is 1. The van der Waals surface area contributed by atoms with Gasteiger partial charge in [-0.1, -0.05) is 28.1 Å². The van der Waals surface area contributed by atoms with Gasteiger partial charge in [0.1, 0.15) is 6.33 Å². The van der Waals surface area contributed by atoms with E-state index in [0.717, 1.165) is 37.9 Å². The number of hydrogen-bond acceptors (Lipinski definition) is 6. The van der Waals surface area contributed by atoms with Crippen molar-refractivity contribution >= 4 is 38.8 Å². The van der Waals surface area contributed by atoms with Crippen molar-refractivity contribution in [3.05, 3.63) is 57.4 Å². The van der Waals surface area contributed by atoms with E-state index in [0.29, 0.717) is 31.2 Å². The zero-order valence-corrected chi connectivity index (χ0v) is 20.0. The summed E-state index contributed by atoms with van der Waals surface area (Å²) in [6.07, 6.45) is 2.45. The first-order valence-electron chi connectivity index (χ1n) is 10.2. The first-order chi connectivity index (χ1) is 15.4. The molecule has 0 bridgehead atoms. The maximum atomic E-state index is 12.5. The lowest BCUT2D eigenvalue weighted by atomic mass is 10.00. The second-order valence-corrected chi connectivity index (χ2v) is 8.49. The summed E-state index contributed by atoms with van der Waals surface area (Å²) in [7, 11) is 3.43. The van der Waals surface area contributed by atoms with Gasteiger partial charge in [0.05, 0.1) is 19.0 Å². The summed E-state index contributed by atoms with van der Waals surface area (Å²) in [5, 5.41) is 12.4. The van der Waals surface area contributed by atoms with Crippen LogP contribution in [-0.4, -0.2) is 42.5 Å². The standard InChI is InChI=1S/C22H24BrN7O2/c1-13-17(14(2)25-20-19(13)21(32-4)27-29(20)3)9-10-18(31)26-22-24-12-30(28-22)11-15-5-7-16(23)8-6-15/h5-8,12H,9-11H2,1-4H3,(H,26,28,31). The van der Waals surface area contributed by atoms with Gasteiger partial charge in [-0.3, -0.25) is 10.1 Å². The number of nitrogens with zero attached hydrogens (tertiary/aromatic N) is 6. The predicted molar refractivity (Wildman–Crippen MR) is 125 cm³/mol. The van der Waals surface area contributed by atoms with Crippen molar-refractivity contribution in [3.63, 3.8) is 0 Å². The van der Waals surface area contributed by atoms with Crippen molar-refractivity contribution in [2.45, 2.75) is 33.2 Å². The Labute approximate surface area is 193 Å². The first-order valence-corrected chi connectivity index (χ1v) is 11.0. The number of halogens is 1. The number of benzene rings is 1. The van der Waals surface area contributed by atoms with Gasteiger partial charge < -0.3 is 4.74 Å². The minimum absolute atomic E-state index is 0.150. The molecule has 166 valence electrons. The molecule has 0 aliphatic heterocycles. The fourth-order valence-electron chi connectivity index (χ4n) is 3.74. The summed E-state index contributed by atoms with van der Waals surface area (Å²) in [6.45, 7) is 4.54. The molecule has 4 aromatic rings. The van der Waals surface area contributed by atoms with Crippen molar-refractivity contribution in [1.29, 1.82) is 0 Å². The highest BCUT2D eigenvalue weighted by Crippen LogP contribution is 2.30. The van der Waals surface area contributed by atoms with Crippen LogP contribution in [0.1, 0.15) is 28.8 Å². The zero-order valence-electron chi connectivity index (χ0n) is 18.4. The van der Waals surface area contributed by atoms with E-state index in [-0.39, 0.29) is 5.91 Å². The molecule has 9 nitrogen and oxygen atoms in total. The topological polar surface area (TPSA) is 99.7 Å². The molecule has 0 atom stereocenters. The number of nitrogens with one attached hydrogen (secondary N) is 1. The van der Waals surface area contributed by atoms with Gasteiger partial charge in [0.2, 0.25) is 17.7 Å². The molecular weight excluding hydrogens is 474 g/mol. The molecule has 32 heavy (non-hydrogen) atoms. The van der Waals surface area contributed by atoms with Gasteiger partial charge in [-0.15, -0.1) is 10.2 Å². The minimum Gasteiger partial charge on any atom is -0.479 e. The number of fused-ring (bicyclic) bond motifs is 1. The van der Waals surface area contributed by atoms with E-state index in [1.54, 1.807) is 22.8 Å². The molecule has 0 aliphatic rings. The highest BCUT2D eigenvalue weighted by atomic mass is 79.9. The molecule has 1 N–H and O–H groups in total. The summed E-state index contributed by atoms with van der Waals surface area (Å²) in [4.78, 5) is 21.4. The maximum absolute atomic E-state index is 12.5. The van der Waals surface area contributed by atoms with Crippen LogP contribution in [0, 0.1) is 13.8 Å². The summed E-state index contributed by atoms with van der Waals surface area (Å²) in [5.41, 5.74) is 4.79. The molecule has 1 amide bonds. The van der Waals surface area contributed by atoms with Gasteiger partial charge in [0.25, 0.3) is 0 Å². The number of amides is 1. The van der Waals surface area contributed by atoms with E-state index < -0.39 is 0 Å². The number of carbonyl (C=O) groups excluding carboxylic acids is 1. The number of aryl methyl sites for hydroxylation is 3. The van der Waals surface area contributed by atoms with Crippen molar-refractivity contribution in [2.24, 2.45) is 7.05 Å². The van der Waals surface area contributed by atoms with Crippen LogP contribution in [0.3, 0.4) is 0 Å². The molecule has 10 heteroatoms. The van der Waals surface area contributed by atoms with E-state index in [1.807, 2.05) is 45.2 Å². The Bertz CT molecular complexity index is 1280. The monoisotopic (exact) mass is 497 g/mol. The molecule has 3 aromatic heterocycles. The molecule has 4 rings (SSSR count). The highest BCUT2D eigenvalue weighted by Gasteiger charge is 2.18. The van der Waals surface area contributed by atoms with Gasteiger partial charge in [-0.05, 0) is 49.1 Å².